The van der Waals surface area contributed by atoms with Crippen LogP contribution in [0.3, 0.4) is 0 Å². The molecule has 5 N–H and O–H groups in total. The SMILES string of the molecule is C.C.C.C.C.C.C.C.C.C.C.C.C=CC1CC(/C=C\C2CC(C=C)C(COC(=O)NCCOC(=O)C(=C)C)C2)C(CC)C1.C=CC1CC(/C=C\C2CC(C=C)C(COC(=O)NCCOC(=O)C(=C)C)C2)C(CN)C1.C=CC1CC(/C=C\C2CC(C=C)C(COC(=O)NCCOC(=O)C(=C)C)C2)C(CN2C(=O)c3ccccc3C2=O)C1. The Labute approximate surface area is 701 Å². The van der Waals surface area contributed by atoms with E-state index in [4.69, 9.17) is 34.2 Å². The first kappa shape index (κ1) is 120. The molecular weight excluding hydrogens is 1450 g/mol. The first-order chi connectivity index (χ1) is 49.5. The minimum Gasteiger partial charge on any atom is -0.460 e. The Hall–Kier alpha value is -8.58. The average Bonchev–Trinajstić information content (AvgIpc) is 1.63. The molecule has 18 unspecified atom stereocenters. The van der Waals surface area contributed by atoms with Crippen LogP contribution in [0.1, 0.15) is 221 Å². The number of hydrogen-bond donors (Lipinski definition) is 4. The predicted octanol–water partition coefficient (Wildman–Crippen LogP) is 22.4. The van der Waals surface area contributed by atoms with E-state index in [0.29, 0.717) is 113 Å². The van der Waals surface area contributed by atoms with Gasteiger partial charge < -0.3 is 50.1 Å². The molecule has 0 aromatic heterocycles. The molecule has 0 bridgehead atoms. The van der Waals surface area contributed by atoms with Crippen LogP contribution in [0.4, 0.5) is 14.4 Å². The molecule has 1 aliphatic heterocycles. The zero-order chi connectivity index (χ0) is 75.1. The predicted molar refractivity (Wildman–Crippen MR) is 484 cm³/mol. The van der Waals surface area contributed by atoms with Gasteiger partial charge in [-0.05, 0) is 205 Å². The first-order valence-corrected chi connectivity index (χ1v) is 37.1. The molecule has 6 fully saturated rings. The largest absolute Gasteiger partial charge is 0.460 e. The molecule has 6 saturated carbocycles. The molecule has 6 aliphatic carbocycles. The highest BCUT2D eigenvalue weighted by Crippen LogP contribution is 2.46. The Kier molecular flexibility index (Phi) is 64.3. The van der Waals surface area contributed by atoms with E-state index in [1.54, 1.807) is 45.0 Å². The second-order valence-electron chi connectivity index (χ2n) is 29.2. The van der Waals surface area contributed by atoms with Crippen LogP contribution < -0.4 is 21.7 Å². The Morgan fingerprint density at radius 3 is 0.930 bits per heavy atom. The second kappa shape index (κ2) is 61.8. The number of carbonyl (C=O) groups is 8. The lowest BCUT2D eigenvalue weighted by atomic mass is 9.92. The average molecular weight is 1610 g/mol. The summed E-state index contributed by atoms with van der Waals surface area (Å²) in [6, 6.07) is 7.01. The van der Waals surface area contributed by atoms with Crippen molar-refractivity contribution in [2.24, 2.45) is 112 Å². The molecule has 19 nitrogen and oxygen atoms in total. The Morgan fingerprint density at radius 1 is 0.383 bits per heavy atom. The number of hydrogen-bond acceptors (Lipinski definition) is 15. The number of ether oxygens (including phenoxy) is 6. The number of carbonyl (C=O) groups excluding carboxylic acids is 8. The minimum atomic E-state index is -0.546. The zero-order valence-corrected chi connectivity index (χ0v) is 61.7. The van der Waals surface area contributed by atoms with Crippen LogP contribution in [0.25, 0.3) is 0 Å². The molecule has 1 aromatic rings. The summed E-state index contributed by atoms with van der Waals surface area (Å²) in [4.78, 5) is 97.3. The van der Waals surface area contributed by atoms with Crippen molar-refractivity contribution in [1.82, 2.24) is 20.9 Å². The number of amides is 5. The fourth-order valence-electron chi connectivity index (χ4n) is 15.9. The van der Waals surface area contributed by atoms with Crippen LogP contribution in [0.2, 0.25) is 0 Å². The van der Waals surface area contributed by atoms with Crippen LogP contribution in [0.15, 0.2) is 173 Å². The Bertz CT molecular complexity index is 3110. The zero-order valence-electron chi connectivity index (χ0n) is 61.7. The lowest BCUT2D eigenvalue weighted by Gasteiger charge is -2.22. The van der Waals surface area contributed by atoms with Crippen molar-refractivity contribution in [3.05, 3.63) is 184 Å². The maximum atomic E-state index is 13.0. The summed E-state index contributed by atoms with van der Waals surface area (Å²) in [5.41, 5.74) is 7.90. The van der Waals surface area contributed by atoms with Crippen LogP contribution in [0, 0.1) is 107 Å². The topological polar surface area (TPSA) is 257 Å². The summed E-state index contributed by atoms with van der Waals surface area (Å²) < 4.78 is 31.1. The normalized spacial score (nSPS) is 25.9. The van der Waals surface area contributed by atoms with Gasteiger partial charge in [0, 0.05) is 41.0 Å². The fourth-order valence-corrected chi connectivity index (χ4v) is 15.9. The van der Waals surface area contributed by atoms with Gasteiger partial charge in [0.15, 0.2) is 0 Å². The van der Waals surface area contributed by atoms with Gasteiger partial charge in [-0.2, -0.15) is 0 Å². The van der Waals surface area contributed by atoms with E-state index in [9.17, 15) is 38.4 Å². The van der Waals surface area contributed by atoms with Gasteiger partial charge in [-0.15, -0.1) is 39.5 Å². The molecule has 115 heavy (non-hydrogen) atoms. The maximum absolute atomic E-state index is 13.0. The molecule has 1 heterocycles. The lowest BCUT2D eigenvalue weighted by molar-refractivity contribution is -0.139. The molecule has 658 valence electrons. The van der Waals surface area contributed by atoms with Crippen molar-refractivity contribution in [1.29, 1.82) is 0 Å². The van der Waals surface area contributed by atoms with Crippen molar-refractivity contribution in [3.63, 3.8) is 0 Å². The molecule has 0 spiro atoms. The van der Waals surface area contributed by atoms with Crippen molar-refractivity contribution in [2.45, 2.75) is 200 Å². The van der Waals surface area contributed by atoms with Crippen molar-refractivity contribution in [3.8, 4) is 0 Å². The number of rotatable bonds is 34. The second-order valence-corrected chi connectivity index (χ2v) is 29.2. The molecule has 18 atom stereocenters. The van der Waals surface area contributed by atoms with E-state index < -0.39 is 36.2 Å². The highest BCUT2D eigenvalue weighted by molar-refractivity contribution is 6.21. The van der Waals surface area contributed by atoms with E-state index >= 15 is 0 Å². The number of alkyl carbamates (subject to hydrolysis) is 3. The summed E-state index contributed by atoms with van der Waals surface area (Å²) in [6.07, 6.45) is 38.2. The maximum Gasteiger partial charge on any atom is 0.407 e. The molecule has 7 aliphatic rings. The van der Waals surface area contributed by atoms with Crippen molar-refractivity contribution < 1.29 is 66.8 Å². The molecule has 0 radical (unpaired) electrons. The van der Waals surface area contributed by atoms with Crippen LogP contribution in [-0.2, 0) is 42.8 Å². The number of imide groups is 1. The highest BCUT2D eigenvalue weighted by atomic mass is 16.6. The van der Waals surface area contributed by atoms with E-state index in [-0.39, 0.29) is 183 Å². The van der Waals surface area contributed by atoms with E-state index in [1.807, 2.05) is 24.3 Å². The molecule has 1 aromatic carbocycles. The Morgan fingerprint density at radius 2 is 0.652 bits per heavy atom. The van der Waals surface area contributed by atoms with Gasteiger partial charge in [-0.1, -0.05) is 207 Å². The number of benzene rings is 1. The summed E-state index contributed by atoms with van der Waals surface area (Å²) >= 11 is 0. The van der Waals surface area contributed by atoms with Gasteiger partial charge in [0.2, 0.25) is 0 Å². The number of nitrogens with zero attached hydrogens (tertiary/aromatic N) is 1. The van der Waals surface area contributed by atoms with Gasteiger partial charge >= 0.3 is 36.2 Å². The van der Waals surface area contributed by atoms with Gasteiger partial charge in [-0.3, -0.25) is 14.5 Å². The summed E-state index contributed by atoms with van der Waals surface area (Å²) in [5.74, 6) is 5.49. The third-order valence-corrected chi connectivity index (χ3v) is 21.8. The number of esters is 3. The lowest BCUT2D eigenvalue weighted by Crippen LogP contribution is -2.35. The van der Waals surface area contributed by atoms with Crippen molar-refractivity contribution >= 4 is 48.0 Å². The van der Waals surface area contributed by atoms with Crippen LogP contribution in [-0.4, -0.2) is 125 Å². The van der Waals surface area contributed by atoms with Crippen LogP contribution in [0.5, 0.6) is 0 Å². The summed E-state index contributed by atoms with van der Waals surface area (Å²) in [5, 5.41) is 7.81. The number of nitrogens with one attached hydrogen (secondary N) is 3. The molecule has 0 saturated heterocycles. The standard InChI is InChI=1S/C33H40N2O6.C26H39NO4.C25H38N2O4.12CH4/c1-5-22-15-25(26(16-22)19-35-30(36)28-9-7-8-10-29(28)31(35)37)12-11-23-17-24(6-2)27(18-23)20-41-33(39)34-13-14-40-32(38)21(3)4;1-6-19-13-21(7-2)23(14-19)10-9-20-15-22(8-3)24(16-20)17-31-26(29)27-11-12-30-25(28)18(4)5;1-5-18-11-21(22(12-18)15-26)8-7-19-13-20(6-2)23(14-19)16-31-25(29)27-9-10-30-24(28)17(3)4;;;;;;;;;;;;/h5-12,22-27H,1-3,13-20H2,4H3,(H,34,39);6,8-10,19-24H,1,3-4,7,11-17H2,2,5H3,(H,27,29);5-8,18-23H,1-3,9-16,26H2,4H3,(H,27,29);12*1H4/b12-11-;10-9-;8-7-;;;;;;;;;;;;. The monoisotopic (exact) mass is 1610 g/mol. The minimum absolute atomic E-state index is 0. The first-order valence-electron chi connectivity index (χ1n) is 37.1. The van der Waals surface area contributed by atoms with Gasteiger partial charge in [0.25, 0.3) is 11.8 Å². The van der Waals surface area contributed by atoms with Gasteiger partial charge in [-0.25, -0.2) is 28.8 Å². The van der Waals surface area contributed by atoms with E-state index in [1.165, 1.54) is 24.2 Å². The number of allylic oxidation sites excluding steroid dienone is 12. The van der Waals surface area contributed by atoms with Crippen molar-refractivity contribution in [2.75, 3.05) is 72.4 Å². The fraction of sp³-hybridized carbons (Fsp3) is 0.604. The van der Waals surface area contributed by atoms with E-state index in [0.717, 1.165) is 76.7 Å². The molecular formula is C96H165N5O14. The third-order valence-electron chi connectivity index (χ3n) is 21.8. The summed E-state index contributed by atoms with van der Waals surface area (Å²) in [7, 11) is 0. The van der Waals surface area contributed by atoms with Crippen LogP contribution >= 0.6 is 0 Å². The molecule has 19 heteroatoms. The molecule has 5 amide bonds. The smallest absolute Gasteiger partial charge is 0.407 e. The van der Waals surface area contributed by atoms with Gasteiger partial charge in [0.1, 0.15) is 19.8 Å². The molecule has 8 rings (SSSR count). The Balaban J connectivity index is -0.000000293. The van der Waals surface area contributed by atoms with E-state index in [2.05, 4.69) is 131 Å². The number of fused-ring (bicyclic) bond motifs is 1. The third kappa shape index (κ3) is 37.5. The number of nitrogens with two attached hydrogens (primary N) is 1. The highest BCUT2D eigenvalue weighted by Gasteiger charge is 2.42. The summed E-state index contributed by atoms with van der Waals surface area (Å²) in [6.45, 7) is 44.3. The quantitative estimate of drug-likeness (QED) is 0.0125. The van der Waals surface area contributed by atoms with Gasteiger partial charge in [0.05, 0.1) is 50.6 Å².